The highest BCUT2D eigenvalue weighted by Gasteiger charge is 2.27. The summed E-state index contributed by atoms with van der Waals surface area (Å²) < 4.78 is 0. The fraction of sp³-hybridized carbons (Fsp3) is 0.474. The number of thiophene rings is 1. The van der Waals surface area contributed by atoms with E-state index in [-0.39, 0.29) is 5.91 Å². The van der Waals surface area contributed by atoms with Crippen molar-refractivity contribution in [2.75, 3.05) is 25.5 Å². The quantitative estimate of drug-likeness (QED) is 0.828. The van der Waals surface area contributed by atoms with E-state index in [0.717, 1.165) is 48.6 Å². The number of aryl methyl sites for hydroxylation is 1. The van der Waals surface area contributed by atoms with Gasteiger partial charge < -0.3 is 9.80 Å². The number of likely N-dealkylation sites (tertiary alicyclic amines) is 1. The maximum absolute atomic E-state index is 12.7. The van der Waals surface area contributed by atoms with Crippen LogP contribution in [0.4, 0.5) is 5.82 Å². The van der Waals surface area contributed by atoms with E-state index in [2.05, 4.69) is 17.0 Å². The standard InChI is InChI=1S/C19H25N3OS/c1-21(2)18-10-5-7-15(20-18)11-12-16-8-3-4-13-22(16)19(23)17-9-6-14-24-17/h5-7,9-10,14,16H,3-4,8,11-13H2,1-2H3/t16-/m0/s1. The Morgan fingerprint density at radius 1 is 1.29 bits per heavy atom. The lowest BCUT2D eigenvalue weighted by molar-refractivity contribution is 0.0606. The minimum Gasteiger partial charge on any atom is -0.363 e. The molecule has 1 atom stereocenters. The van der Waals surface area contributed by atoms with Gasteiger partial charge in [-0.3, -0.25) is 4.79 Å². The highest BCUT2D eigenvalue weighted by Crippen LogP contribution is 2.24. The number of aromatic nitrogens is 1. The molecule has 0 bridgehead atoms. The summed E-state index contributed by atoms with van der Waals surface area (Å²) in [7, 11) is 4.02. The normalized spacial score (nSPS) is 17.8. The average molecular weight is 343 g/mol. The third-order valence-corrected chi connectivity index (χ3v) is 5.46. The van der Waals surface area contributed by atoms with Gasteiger partial charge in [0.1, 0.15) is 5.82 Å². The second kappa shape index (κ2) is 7.79. The van der Waals surface area contributed by atoms with Crippen LogP contribution in [-0.4, -0.2) is 42.5 Å². The molecular weight excluding hydrogens is 318 g/mol. The summed E-state index contributed by atoms with van der Waals surface area (Å²) in [6.07, 6.45) is 5.33. The summed E-state index contributed by atoms with van der Waals surface area (Å²) in [4.78, 5) is 22.4. The molecule has 2 aromatic heterocycles. The summed E-state index contributed by atoms with van der Waals surface area (Å²) >= 11 is 1.54. The van der Waals surface area contributed by atoms with Crippen LogP contribution in [0.1, 0.15) is 41.0 Å². The van der Waals surface area contributed by atoms with Crippen molar-refractivity contribution in [3.05, 3.63) is 46.3 Å². The molecule has 0 spiro atoms. The Labute approximate surface area is 148 Å². The van der Waals surface area contributed by atoms with Crippen LogP contribution in [-0.2, 0) is 6.42 Å². The Morgan fingerprint density at radius 3 is 2.92 bits per heavy atom. The molecule has 1 aliphatic heterocycles. The Balaban J connectivity index is 1.66. The number of carbonyl (C=O) groups excluding carboxylic acids is 1. The number of hydrogen-bond acceptors (Lipinski definition) is 4. The minimum absolute atomic E-state index is 0.199. The van der Waals surface area contributed by atoms with Crippen molar-refractivity contribution >= 4 is 23.1 Å². The number of hydrogen-bond donors (Lipinski definition) is 0. The Bertz CT molecular complexity index is 669. The molecule has 1 fully saturated rings. The van der Waals surface area contributed by atoms with Crippen LogP contribution in [0.2, 0.25) is 0 Å². The molecule has 24 heavy (non-hydrogen) atoms. The molecule has 0 radical (unpaired) electrons. The number of piperidine rings is 1. The monoisotopic (exact) mass is 343 g/mol. The van der Waals surface area contributed by atoms with Crippen LogP contribution in [0.3, 0.4) is 0 Å². The first-order valence-electron chi connectivity index (χ1n) is 8.63. The lowest BCUT2D eigenvalue weighted by Crippen LogP contribution is -2.43. The van der Waals surface area contributed by atoms with Crippen molar-refractivity contribution in [2.24, 2.45) is 0 Å². The van der Waals surface area contributed by atoms with Crippen molar-refractivity contribution in [3.8, 4) is 0 Å². The molecule has 1 aliphatic rings. The lowest BCUT2D eigenvalue weighted by Gasteiger charge is -2.35. The fourth-order valence-electron chi connectivity index (χ4n) is 3.28. The molecule has 0 saturated carbocycles. The van der Waals surface area contributed by atoms with Gasteiger partial charge in [0.2, 0.25) is 0 Å². The topological polar surface area (TPSA) is 36.4 Å². The average Bonchev–Trinajstić information content (AvgIpc) is 3.14. The largest absolute Gasteiger partial charge is 0.363 e. The molecule has 0 unspecified atom stereocenters. The van der Waals surface area contributed by atoms with Crippen LogP contribution in [0, 0.1) is 0 Å². The van der Waals surface area contributed by atoms with E-state index in [1.165, 1.54) is 17.8 Å². The van der Waals surface area contributed by atoms with E-state index in [4.69, 9.17) is 4.98 Å². The first-order chi connectivity index (χ1) is 11.6. The lowest BCUT2D eigenvalue weighted by atomic mass is 9.96. The van der Waals surface area contributed by atoms with Crippen molar-refractivity contribution < 1.29 is 4.79 Å². The molecule has 0 N–H and O–H groups in total. The van der Waals surface area contributed by atoms with Gasteiger partial charge in [-0.1, -0.05) is 12.1 Å². The smallest absolute Gasteiger partial charge is 0.264 e. The molecule has 1 saturated heterocycles. The highest BCUT2D eigenvalue weighted by molar-refractivity contribution is 7.12. The molecule has 2 aromatic rings. The van der Waals surface area contributed by atoms with E-state index in [1.54, 1.807) is 0 Å². The van der Waals surface area contributed by atoms with Gasteiger partial charge in [0.15, 0.2) is 0 Å². The van der Waals surface area contributed by atoms with Crippen LogP contribution in [0.25, 0.3) is 0 Å². The van der Waals surface area contributed by atoms with E-state index < -0.39 is 0 Å². The van der Waals surface area contributed by atoms with Crippen LogP contribution in [0.15, 0.2) is 35.7 Å². The molecule has 4 nitrogen and oxygen atoms in total. The van der Waals surface area contributed by atoms with Crippen LogP contribution < -0.4 is 4.90 Å². The zero-order valence-electron chi connectivity index (χ0n) is 14.4. The second-order valence-electron chi connectivity index (χ2n) is 6.55. The number of pyridine rings is 1. The summed E-state index contributed by atoms with van der Waals surface area (Å²) in [5, 5.41) is 1.98. The maximum atomic E-state index is 12.7. The zero-order valence-corrected chi connectivity index (χ0v) is 15.3. The van der Waals surface area contributed by atoms with Crippen molar-refractivity contribution in [1.82, 2.24) is 9.88 Å². The Kier molecular flexibility index (Phi) is 5.51. The molecule has 3 heterocycles. The number of amides is 1. The molecule has 128 valence electrons. The van der Waals surface area contributed by atoms with Gasteiger partial charge in [-0.05, 0) is 55.7 Å². The summed E-state index contributed by atoms with van der Waals surface area (Å²) in [5.41, 5.74) is 1.11. The third kappa shape index (κ3) is 3.96. The van der Waals surface area contributed by atoms with Gasteiger partial charge in [0, 0.05) is 32.4 Å². The van der Waals surface area contributed by atoms with Crippen LogP contribution >= 0.6 is 11.3 Å². The molecule has 0 aliphatic carbocycles. The van der Waals surface area contributed by atoms with Crippen molar-refractivity contribution in [3.63, 3.8) is 0 Å². The summed E-state index contributed by atoms with van der Waals surface area (Å²) in [5.74, 6) is 1.19. The minimum atomic E-state index is 0.199. The SMILES string of the molecule is CN(C)c1cccc(CC[C@@H]2CCCCN2C(=O)c2cccs2)n1. The number of rotatable bonds is 5. The first kappa shape index (κ1) is 17.0. The second-order valence-corrected chi connectivity index (χ2v) is 7.49. The number of anilines is 1. The predicted molar refractivity (Wildman–Crippen MR) is 99.9 cm³/mol. The Hall–Kier alpha value is -1.88. The van der Waals surface area contributed by atoms with E-state index >= 15 is 0 Å². The summed E-state index contributed by atoms with van der Waals surface area (Å²) in [6, 6.07) is 10.4. The van der Waals surface area contributed by atoms with E-state index in [9.17, 15) is 4.79 Å². The molecule has 0 aromatic carbocycles. The van der Waals surface area contributed by atoms with E-state index in [1.807, 2.05) is 42.6 Å². The molecular formula is C19H25N3OS. The van der Waals surface area contributed by atoms with Gasteiger partial charge in [0.05, 0.1) is 4.88 Å². The zero-order chi connectivity index (χ0) is 16.9. The van der Waals surface area contributed by atoms with Gasteiger partial charge in [0.25, 0.3) is 5.91 Å². The van der Waals surface area contributed by atoms with Crippen molar-refractivity contribution in [1.29, 1.82) is 0 Å². The Morgan fingerprint density at radius 2 is 2.17 bits per heavy atom. The maximum Gasteiger partial charge on any atom is 0.264 e. The van der Waals surface area contributed by atoms with E-state index in [0.29, 0.717) is 6.04 Å². The number of nitrogens with zero attached hydrogens (tertiary/aromatic N) is 3. The van der Waals surface area contributed by atoms with Gasteiger partial charge >= 0.3 is 0 Å². The first-order valence-corrected chi connectivity index (χ1v) is 9.51. The highest BCUT2D eigenvalue weighted by atomic mass is 32.1. The molecule has 1 amide bonds. The summed E-state index contributed by atoms with van der Waals surface area (Å²) in [6.45, 7) is 0.882. The third-order valence-electron chi connectivity index (χ3n) is 4.60. The van der Waals surface area contributed by atoms with Gasteiger partial charge in [-0.15, -0.1) is 11.3 Å². The van der Waals surface area contributed by atoms with Gasteiger partial charge in [-0.25, -0.2) is 4.98 Å². The van der Waals surface area contributed by atoms with Crippen molar-refractivity contribution in [2.45, 2.75) is 38.1 Å². The fourth-order valence-corrected chi connectivity index (χ4v) is 3.96. The predicted octanol–water partition coefficient (Wildman–Crippen LogP) is 3.84. The van der Waals surface area contributed by atoms with Crippen LogP contribution in [0.5, 0.6) is 0 Å². The molecule has 5 heteroatoms. The van der Waals surface area contributed by atoms with Gasteiger partial charge in [-0.2, -0.15) is 0 Å². The molecule has 3 rings (SSSR count). The number of carbonyl (C=O) groups is 1.